The normalized spacial score (nSPS) is 12.4. The molecule has 2 aromatic rings. The molecule has 1 atom stereocenters. The minimum absolute atomic E-state index is 0.0310. The second-order valence-electron chi connectivity index (χ2n) is 3.89. The van der Waals surface area contributed by atoms with Gasteiger partial charge < -0.3 is 14.8 Å². The quantitative estimate of drug-likeness (QED) is 0.885. The molecule has 7 heteroatoms. The smallest absolute Gasteiger partial charge is 0.357 e. The molecule has 0 radical (unpaired) electrons. The van der Waals surface area contributed by atoms with E-state index in [9.17, 15) is 4.79 Å². The number of nitrogens with zero attached hydrogens (tertiary/aromatic N) is 2. The van der Waals surface area contributed by atoms with E-state index in [1.165, 1.54) is 0 Å². The van der Waals surface area contributed by atoms with Gasteiger partial charge in [-0.3, -0.25) is 0 Å². The van der Waals surface area contributed by atoms with Crippen molar-refractivity contribution >= 4 is 23.3 Å². The van der Waals surface area contributed by atoms with Gasteiger partial charge in [-0.05, 0) is 20.8 Å². The summed E-state index contributed by atoms with van der Waals surface area (Å²) < 4.78 is 5.05. The van der Waals surface area contributed by atoms with E-state index in [-0.39, 0.29) is 17.8 Å². The van der Waals surface area contributed by atoms with Gasteiger partial charge in [-0.1, -0.05) is 0 Å². The number of nitrogens with one attached hydrogen (secondary N) is 1. The lowest BCUT2D eigenvalue weighted by atomic mass is 10.2. The maximum absolute atomic E-state index is 10.7. The molecule has 6 nitrogen and oxygen atoms in total. The molecule has 2 heterocycles. The van der Waals surface area contributed by atoms with Gasteiger partial charge in [0.2, 0.25) is 0 Å². The number of anilines is 1. The zero-order valence-electron chi connectivity index (χ0n) is 10.2. The highest BCUT2D eigenvalue weighted by molar-refractivity contribution is 7.11. The zero-order chi connectivity index (χ0) is 13.3. The van der Waals surface area contributed by atoms with Crippen LogP contribution in [0.1, 0.15) is 39.0 Å². The van der Waals surface area contributed by atoms with Gasteiger partial charge >= 0.3 is 5.97 Å². The molecule has 0 amide bonds. The number of carbonyl (C=O) groups is 1. The SMILES string of the molecule is Cc1nc(C)c(C(C)Nc2nc(C(=O)O)co2)s1. The summed E-state index contributed by atoms with van der Waals surface area (Å²) in [7, 11) is 0. The lowest BCUT2D eigenvalue weighted by molar-refractivity contribution is 0.0690. The van der Waals surface area contributed by atoms with Crippen LogP contribution in [-0.2, 0) is 0 Å². The highest BCUT2D eigenvalue weighted by Gasteiger charge is 2.16. The number of oxazole rings is 1. The van der Waals surface area contributed by atoms with Crippen molar-refractivity contribution in [1.82, 2.24) is 9.97 Å². The van der Waals surface area contributed by atoms with E-state index < -0.39 is 5.97 Å². The third-order valence-corrected chi connectivity index (χ3v) is 3.65. The van der Waals surface area contributed by atoms with Crippen molar-refractivity contribution in [2.24, 2.45) is 0 Å². The first-order valence-corrected chi connectivity index (χ1v) is 6.18. The average molecular weight is 267 g/mol. The Balaban J connectivity index is 2.13. The summed E-state index contributed by atoms with van der Waals surface area (Å²) in [4.78, 5) is 19.9. The molecule has 0 aliphatic carbocycles. The molecule has 0 fully saturated rings. The van der Waals surface area contributed by atoms with Gasteiger partial charge in [0.05, 0.1) is 16.7 Å². The van der Waals surface area contributed by atoms with Gasteiger partial charge in [0.1, 0.15) is 6.26 Å². The lowest BCUT2D eigenvalue weighted by Gasteiger charge is -2.10. The monoisotopic (exact) mass is 267 g/mol. The van der Waals surface area contributed by atoms with Gasteiger partial charge in [-0.25, -0.2) is 9.78 Å². The summed E-state index contributed by atoms with van der Waals surface area (Å²) in [6.07, 6.45) is 1.11. The van der Waals surface area contributed by atoms with Crippen molar-refractivity contribution < 1.29 is 14.3 Å². The minimum atomic E-state index is -1.11. The Kier molecular flexibility index (Phi) is 3.33. The summed E-state index contributed by atoms with van der Waals surface area (Å²) in [6, 6.07) is 0.168. The number of aryl methyl sites for hydroxylation is 2. The van der Waals surface area contributed by atoms with Crippen LogP contribution >= 0.6 is 11.3 Å². The molecule has 1 unspecified atom stereocenters. The van der Waals surface area contributed by atoms with Crippen LogP contribution < -0.4 is 5.32 Å². The molecule has 2 aromatic heterocycles. The lowest BCUT2D eigenvalue weighted by Crippen LogP contribution is -2.07. The standard InChI is InChI=1S/C11H13N3O3S/c1-5-9(18-7(3)12-5)6(2)13-11-14-8(4-17-11)10(15)16/h4,6H,1-3H3,(H,13,14)(H,15,16). The largest absolute Gasteiger partial charge is 0.476 e. The van der Waals surface area contributed by atoms with Crippen LogP contribution in [0.2, 0.25) is 0 Å². The molecule has 0 aliphatic rings. The van der Waals surface area contributed by atoms with Crippen molar-refractivity contribution in [3.8, 4) is 0 Å². The Bertz CT molecular complexity index is 576. The van der Waals surface area contributed by atoms with Gasteiger partial charge in [0, 0.05) is 4.88 Å². The van der Waals surface area contributed by atoms with Crippen molar-refractivity contribution in [2.75, 3.05) is 5.32 Å². The highest BCUT2D eigenvalue weighted by Crippen LogP contribution is 2.27. The molecule has 0 aromatic carbocycles. The molecule has 96 valence electrons. The predicted octanol–water partition coefficient (Wildman–Crippen LogP) is 2.62. The summed E-state index contributed by atoms with van der Waals surface area (Å²) in [6.45, 7) is 5.83. The number of carboxylic acid groups (broad SMARTS) is 1. The van der Waals surface area contributed by atoms with Gasteiger partial charge in [0.15, 0.2) is 5.69 Å². The topological polar surface area (TPSA) is 88.2 Å². The van der Waals surface area contributed by atoms with E-state index in [1.807, 2.05) is 20.8 Å². The van der Waals surface area contributed by atoms with Crippen molar-refractivity contribution in [3.63, 3.8) is 0 Å². The Morgan fingerprint density at radius 3 is 2.72 bits per heavy atom. The highest BCUT2D eigenvalue weighted by atomic mass is 32.1. The molecule has 18 heavy (non-hydrogen) atoms. The predicted molar refractivity (Wildman–Crippen MR) is 67.1 cm³/mol. The van der Waals surface area contributed by atoms with E-state index in [0.29, 0.717) is 0 Å². The molecule has 0 spiro atoms. The summed E-state index contributed by atoms with van der Waals surface area (Å²) in [5.41, 5.74) is 0.851. The summed E-state index contributed by atoms with van der Waals surface area (Å²) in [5, 5.41) is 12.8. The fourth-order valence-electron chi connectivity index (χ4n) is 1.64. The molecular formula is C11H13N3O3S. The van der Waals surface area contributed by atoms with Gasteiger partial charge in [-0.2, -0.15) is 4.98 Å². The van der Waals surface area contributed by atoms with E-state index in [0.717, 1.165) is 21.8 Å². The van der Waals surface area contributed by atoms with E-state index in [4.69, 9.17) is 9.52 Å². The molecule has 2 rings (SSSR count). The Morgan fingerprint density at radius 1 is 1.50 bits per heavy atom. The maximum Gasteiger partial charge on any atom is 0.357 e. The van der Waals surface area contributed by atoms with Crippen LogP contribution in [0.3, 0.4) is 0 Å². The van der Waals surface area contributed by atoms with Crippen molar-refractivity contribution in [1.29, 1.82) is 0 Å². The Hall–Kier alpha value is -1.89. The van der Waals surface area contributed by atoms with Crippen LogP contribution in [0.5, 0.6) is 0 Å². The van der Waals surface area contributed by atoms with E-state index in [1.54, 1.807) is 11.3 Å². The Morgan fingerprint density at radius 2 is 2.22 bits per heavy atom. The second-order valence-corrected chi connectivity index (χ2v) is 5.13. The number of thiazole rings is 1. The maximum atomic E-state index is 10.7. The van der Waals surface area contributed by atoms with E-state index in [2.05, 4.69) is 15.3 Å². The van der Waals surface area contributed by atoms with Crippen LogP contribution in [-0.4, -0.2) is 21.0 Å². The number of rotatable bonds is 4. The first kappa shape index (κ1) is 12.6. The van der Waals surface area contributed by atoms with Gasteiger partial charge in [-0.15, -0.1) is 11.3 Å². The average Bonchev–Trinajstić information content (AvgIpc) is 2.85. The van der Waals surface area contributed by atoms with Crippen molar-refractivity contribution in [3.05, 3.63) is 27.5 Å². The molecule has 0 saturated carbocycles. The van der Waals surface area contributed by atoms with Crippen LogP contribution in [0.25, 0.3) is 0 Å². The van der Waals surface area contributed by atoms with Crippen LogP contribution in [0, 0.1) is 13.8 Å². The van der Waals surface area contributed by atoms with E-state index >= 15 is 0 Å². The number of hydrogen-bond acceptors (Lipinski definition) is 6. The third kappa shape index (κ3) is 2.51. The summed E-state index contributed by atoms with van der Waals surface area (Å²) >= 11 is 1.60. The number of hydrogen-bond donors (Lipinski definition) is 2. The minimum Gasteiger partial charge on any atom is -0.476 e. The summed E-state index contributed by atoms with van der Waals surface area (Å²) in [5.74, 6) is -1.11. The van der Waals surface area contributed by atoms with Crippen molar-refractivity contribution in [2.45, 2.75) is 26.8 Å². The molecular weight excluding hydrogens is 254 g/mol. The molecule has 0 bridgehead atoms. The fourth-order valence-corrected chi connectivity index (χ4v) is 2.57. The molecule has 2 N–H and O–H groups in total. The molecule has 0 aliphatic heterocycles. The number of aromatic carboxylic acids is 1. The Labute approximate surface area is 108 Å². The van der Waals surface area contributed by atoms with Crippen LogP contribution in [0.4, 0.5) is 6.01 Å². The van der Waals surface area contributed by atoms with Gasteiger partial charge in [0.25, 0.3) is 6.01 Å². The number of aromatic nitrogens is 2. The zero-order valence-corrected chi connectivity index (χ0v) is 11.0. The number of carboxylic acids is 1. The first-order chi connectivity index (χ1) is 8.47. The van der Waals surface area contributed by atoms with Crippen LogP contribution in [0.15, 0.2) is 10.7 Å². The second kappa shape index (κ2) is 4.77. The fraction of sp³-hybridized carbons (Fsp3) is 0.364. The first-order valence-electron chi connectivity index (χ1n) is 5.36. The third-order valence-electron chi connectivity index (χ3n) is 2.40. The molecule has 0 saturated heterocycles.